The van der Waals surface area contributed by atoms with E-state index in [9.17, 15) is 0 Å². The smallest absolute Gasteiger partial charge is 0.139 e. The second-order valence-electron chi connectivity index (χ2n) is 8.21. The fraction of sp³-hybridized carbons (Fsp3) is 0.619. The van der Waals surface area contributed by atoms with Crippen molar-refractivity contribution >= 4 is 22.4 Å². The molecule has 146 valence electrons. The van der Waals surface area contributed by atoms with Gasteiger partial charge in [0.25, 0.3) is 0 Å². The van der Waals surface area contributed by atoms with Crippen LogP contribution in [0.15, 0.2) is 24.5 Å². The van der Waals surface area contributed by atoms with Gasteiger partial charge in [0.15, 0.2) is 0 Å². The van der Waals surface area contributed by atoms with E-state index in [4.69, 9.17) is 0 Å². The summed E-state index contributed by atoms with van der Waals surface area (Å²) in [4.78, 5) is 18.7. The van der Waals surface area contributed by atoms with Crippen molar-refractivity contribution in [3.8, 4) is 0 Å². The van der Waals surface area contributed by atoms with Gasteiger partial charge in [-0.15, -0.1) is 0 Å². The van der Waals surface area contributed by atoms with Gasteiger partial charge in [-0.05, 0) is 44.6 Å². The first kappa shape index (κ1) is 18.4. The van der Waals surface area contributed by atoms with Crippen molar-refractivity contribution in [3.63, 3.8) is 0 Å². The van der Waals surface area contributed by atoms with Crippen LogP contribution in [0.5, 0.6) is 0 Å². The van der Waals surface area contributed by atoms with Crippen LogP contribution in [0.4, 0.5) is 11.5 Å². The lowest BCUT2D eigenvalue weighted by Crippen LogP contribution is -2.51. The van der Waals surface area contributed by atoms with Crippen LogP contribution < -0.4 is 9.80 Å². The lowest BCUT2D eigenvalue weighted by Gasteiger charge is -2.40. The molecule has 2 fully saturated rings. The Morgan fingerprint density at radius 2 is 1.85 bits per heavy atom. The van der Waals surface area contributed by atoms with E-state index in [1.807, 2.05) is 14.1 Å². The van der Waals surface area contributed by atoms with E-state index in [2.05, 4.69) is 54.8 Å². The van der Waals surface area contributed by atoms with E-state index >= 15 is 0 Å². The van der Waals surface area contributed by atoms with Crippen LogP contribution in [-0.2, 0) is 0 Å². The Morgan fingerprint density at radius 3 is 2.59 bits per heavy atom. The highest BCUT2D eigenvalue weighted by Gasteiger charge is 2.24. The normalized spacial score (nSPS) is 22.3. The highest BCUT2D eigenvalue weighted by molar-refractivity contribution is 5.91. The van der Waals surface area contributed by atoms with Crippen molar-refractivity contribution < 1.29 is 0 Å². The second-order valence-corrected chi connectivity index (χ2v) is 8.21. The van der Waals surface area contributed by atoms with E-state index in [0.29, 0.717) is 0 Å². The van der Waals surface area contributed by atoms with Crippen molar-refractivity contribution in [2.24, 2.45) is 0 Å². The Balaban J connectivity index is 1.42. The van der Waals surface area contributed by atoms with Gasteiger partial charge in [-0.25, -0.2) is 9.97 Å². The summed E-state index contributed by atoms with van der Waals surface area (Å²) in [6.45, 7) is 6.96. The zero-order chi connectivity index (χ0) is 18.8. The largest absolute Gasteiger partial charge is 0.369 e. The first-order valence-electron chi connectivity index (χ1n) is 10.2. The highest BCUT2D eigenvalue weighted by Crippen LogP contribution is 2.27. The molecule has 3 heterocycles. The Morgan fingerprint density at radius 1 is 1.04 bits per heavy atom. The number of benzene rings is 1. The topological polar surface area (TPSA) is 38.7 Å². The zero-order valence-electron chi connectivity index (χ0n) is 16.9. The minimum absolute atomic E-state index is 0.741. The third-order valence-electron chi connectivity index (χ3n) is 6.15. The minimum Gasteiger partial charge on any atom is -0.369 e. The van der Waals surface area contributed by atoms with Crippen molar-refractivity contribution in [1.29, 1.82) is 0 Å². The average Bonchev–Trinajstić information content (AvgIpc) is 2.69. The van der Waals surface area contributed by atoms with E-state index in [-0.39, 0.29) is 0 Å². The molecule has 0 N–H and O–H groups in total. The summed E-state index contributed by atoms with van der Waals surface area (Å²) in [6.07, 6.45) is 5.76. The molecule has 0 aliphatic carbocycles. The lowest BCUT2D eigenvalue weighted by atomic mass is 10.0. The molecule has 2 saturated heterocycles. The standard InChI is InChI=1S/C21H32N6/c1-24(2)21-19-14-17(7-8-20(19)22-16-23-21)27-12-10-26(11-13-27)15-18-6-4-5-9-25(18)3/h7-8,14,16,18H,4-6,9-13,15H2,1-3H3. The number of hydrogen-bond donors (Lipinski definition) is 0. The molecule has 27 heavy (non-hydrogen) atoms. The number of rotatable bonds is 4. The van der Waals surface area contributed by atoms with Gasteiger partial charge >= 0.3 is 0 Å². The summed E-state index contributed by atoms with van der Waals surface area (Å²) in [5.41, 5.74) is 2.30. The van der Waals surface area contributed by atoms with Gasteiger partial charge in [-0.2, -0.15) is 0 Å². The van der Waals surface area contributed by atoms with Crippen molar-refractivity contribution in [2.45, 2.75) is 25.3 Å². The Labute approximate surface area is 162 Å². The fourth-order valence-corrected chi connectivity index (χ4v) is 4.45. The molecule has 0 radical (unpaired) electrons. The predicted molar refractivity (Wildman–Crippen MR) is 113 cm³/mol. The molecule has 4 rings (SSSR count). The monoisotopic (exact) mass is 368 g/mol. The van der Waals surface area contributed by atoms with Crippen molar-refractivity contribution in [2.75, 3.05) is 70.2 Å². The number of anilines is 2. The highest BCUT2D eigenvalue weighted by atomic mass is 15.3. The van der Waals surface area contributed by atoms with Crippen molar-refractivity contribution in [1.82, 2.24) is 19.8 Å². The fourth-order valence-electron chi connectivity index (χ4n) is 4.45. The predicted octanol–water partition coefficient (Wildman–Crippen LogP) is 2.30. The maximum atomic E-state index is 4.46. The van der Waals surface area contributed by atoms with Gasteiger partial charge in [-0.1, -0.05) is 6.42 Å². The molecule has 2 aromatic rings. The number of likely N-dealkylation sites (N-methyl/N-ethyl adjacent to an activating group) is 1. The number of hydrogen-bond acceptors (Lipinski definition) is 6. The van der Waals surface area contributed by atoms with Gasteiger partial charge in [-0.3, -0.25) is 4.90 Å². The van der Waals surface area contributed by atoms with Gasteiger partial charge in [0.1, 0.15) is 12.1 Å². The number of aromatic nitrogens is 2. The molecule has 1 atom stereocenters. The van der Waals surface area contributed by atoms with E-state index in [1.54, 1.807) is 6.33 Å². The van der Waals surface area contributed by atoms with Crippen LogP contribution >= 0.6 is 0 Å². The Hall–Kier alpha value is -1.92. The second kappa shape index (κ2) is 7.98. The average molecular weight is 369 g/mol. The number of piperidine rings is 1. The number of likely N-dealkylation sites (tertiary alicyclic amines) is 1. The van der Waals surface area contributed by atoms with Crippen LogP contribution in [0, 0.1) is 0 Å². The lowest BCUT2D eigenvalue weighted by molar-refractivity contribution is 0.125. The third-order valence-corrected chi connectivity index (χ3v) is 6.15. The van der Waals surface area contributed by atoms with Gasteiger partial charge in [0, 0.05) is 63.9 Å². The van der Waals surface area contributed by atoms with E-state index in [0.717, 1.165) is 48.9 Å². The quantitative estimate of drug-likeness (QED) is 0.825. The molecule has 0 saturated carbocycles. The molecule has 1 unspecified atom stereocenters. The number of nitrogens with zero attached hydrogens (tertiary/aromatic N) is 6. The van der Waals surface area contributed by atoms with Crippen LogP contribution in [-0.4, -0.2) is 86.2 Å². The molecule has 1 aromatic carbocycles. The first-order chi connectivity index (χ1) is 13.1. The SMILES string of the molecule is CN(C)c1ncnc2ccc(N3CCN(CC4CCCCN4C)CC3)cc12. The maximum absolute atomic E-state index is 4.46. The molecule has 0 bridgehead atoms. The van der Waals surface area contributed by atoms with E-state index in [1.165, 1.54) is 38.0 Å². The Kier molecular flexibility index (Phi) is 5.45. The van der Waals surface area contributed by atoms with Crippen LogP contribution in [0.2, 0.25) is 0 Å². The molecular formula is C21H32N6. The van der Waals surface area contributed by atoms with E-state index < -0.39 is 0 Å². The molecule has 2 aliphatic heterocycles. The summed E-state index contributed by atoms with van der Waals surface area (Å²) in [5.74, 6) is 0.987. The van der Waals surface area contributed by atoms with Crippen molar-refractivity contribution in [3.05, 3.63) is 24.5 Å². The molecule has 6 nitrogen and oxygen atoms in total. The summed E-state index contributed by atoms with van der Waals surface area (Å²) in [6, 6.07) is 7.34. The zero-order valence-corrected chi connectivity index (χ0v) is 16.9. The van der Waals surface area contributed by atoms with Crippen LogP contribution in [0.3, 0.4) is 0 Å². The molecule has 2 aliphatic rings. The molecule has 0 amide bonds. The summed E-state index contributed by atoms with van der Waals surface area (Å²) in [7, 11) is 6.37. The molecular weight excluding hydrogens is 336 g/mol. The molecule has 0 spiro atoms. The van der Waals surface area contributed by atoms with Crippen LogP contribution in [0.1, 0.15) is 19.3 Å². The van der Waals surface area contributed by atoms with Gasteiger partial charge in [0.05, 0.1) is 5.52 Å². The third kappa shape index (κ3) is 4.01. The molecule has 6 heteroatoms. The number of fused-ring (bicyclic) bond motifs is 1. The number of piperazine rings is 1. The summed E-state index contributed by atoms with van der Waals surface area (Å²) in [5, 5.41) is 1.13. The first-order valence-corrected chi connectivity index (χ1v) is 10.2. The van der Waals surface area contributed by atoms with Crippen LogP contribution in [0.25, 0.3) is 10.9 Å². The van der Waals surface area contributed by atoms with Gasteiger partial charge < -0.3 is 14.7 Å². The van der Waals surface area contributed by atoms with Gasteiger partial charge in [0.2, 0.25) is 0 Å². The summed E-state index contributed by atoms with van der Waals surface area (Å²) >= 11 is 0. The Bertz CT molecular complexity index is 768. The maximum Gasteiger partial charge on any atom is 0.139 e. The minimum atomic E-state index is 0.741. The summed E-state index contributed by atoms with van der Waals surface area (Å²) < 4.78 is 0. The molecule has 1 aromatic heterocycles.